The van der Waals surface area contributed by atoms with Gasteiger partial charge in [0, 0.05) is 10.9 Å². The Labute approximate surface area is 198 Å². The van der Waals surface area contributed by atoms with Gasteiger partial charge in [-0.2, -0.15) is 0 Å². The third kappa shape index (κ3) is 5.26. The number of azo groups is 1. The predicted octanol–water partition coefficient (Wildman–Crippen LogP) is 6.45. The zero-order valence-electron chi connectivity index (χ0n) is 19.2. The zero-order valence-corrected chi connectivity index (χ0v) is 19.2. The number of carbonyl (C=O) groups is 1. The van der Waals surface area contributed by atoms with E-state index in [0.29, 0.717) is 30.0 Å². The Morgan fingerprint density at radius 3 is 2.38 bits per heavy atom. The first-order valence-corrected chi connectivity index (χ1v) is 11.2. The van der Waals surface area contributed by atoms with Gasteiger partial charge in [-0.1, -0.05) is 44.2 Å². The molecule has 1 aromatic heterocycles. The van der Waals surface area contributed by atoms with Crippen LogP contribution in [0.25, 0.3) is 10.9 Å². The molecular weight excluding hydrogens is 430 g/mol. The molecule has 4 aromatic rings. The lowest BCUT2D eigenvalue weighted by Crippen LogP contribution is -2.02. The number of hydrogen-bond donors (Lipinski definition) is 2. The monoisotopic (exact) mass is 457 g/mol. The van der Waals surface area contributed by atoms with Crippen molar-refractivity contribution in [3.63, 3.8) is 0 Å². The summed E-state index contributed by atoms with van der Waals surface area (Å²) in [6.45, 7) is 5.42. The molecule has 3 aromatic carbocycles. The van der Waals surface area contributed by atoms with E-state index in [1.165, 1.54) is 24.3 Å². The third-order valence-electron chi connectivity index (χ3n) is 5.50. The van der Waals surface area contributed by atoms with Crippen LogP contribution in [0, 0.1) is 5.92 Å². The molecule has 0 aliphatic carbocycles. The van der Waals surface area contributed by atoms with Crippen molar-refractivity contribution in [1.29, 1.82) is 0 Å². The van der Waals surface area contributed by atoms with Gasteiger partial charge in [0.1, 0.15) is 11.5 Å². The molecule has 0 aliphatic heterocycles. The van der Waals surface area contributed by atoms with Gasteiger partial charge >= 0.3 is 0 Å². The van der Waals surface area contributed by atoms with Gasteiger partial charge in [0.2, 0.25) is 5.88 Å². The lowest BCUT2D eigenvalue weighted by molar-refractivity contribution is 0.0995. The summed E-state index contributed by atoms with van der Waals surface area (Å²) in [5.74, 6) is 0.828. The van der Waals surface area contributed by atoms with Crippen LogP contribution >= 0.6 is 0 Å². The number of carbonyl (C=O) groups excluding carboxylic acids is 1. The van der Waals surface area contributed by atoms with Crippen molar-refractivity contribution in [3.05, 3.63) is 83.9 Å². The Balaban J connectivity index is 1.57. The van der Waals surface area contributed by atoms with Gasteiger partial charge in [-0.15, -0.1) is 10.2 Å². The van der Waals surface area contributed by atoms with Crippen LogP contribution in [-0.4, -0.2) is 27.3 Å². The van der Waals surface area contributed by atoms with E-state index in [9.17, 15) is 15.0 Å². The number of phenols is 1. The zero-order chi connectivity index (χ0) is 24.1. The number of nitrogens with zero attached hydrogens (tertiary/aromatic N) is 3. The molecule has 1 amide bonds. The summed E-state index contributed by atoms with van der Waals surface area (Å²) in [4.78, 5) is 12.4. The Morgan fingerprint density at radius 2 is 1.68 bits per heavy atom. The highest BCUT2D eigenvalue weighted by Gasteiger charge is 2.17. The van der Waals surface area contributed by atoms with E-state index in [1.54, 1.807) is 4.57 Å². The molecule has 0 unspecified atom stereocenters. The fourth-order valence-electron chi connectivity index (χ4n) is 3.57. The van der Waals surface area contributed by atoms with Crippen LogP contribution < -0.4 is 4.74 Å². The van der Waals surface area contributed by atoms with Crippen molar-refractivity contribution < 1.29 is 19.7 Å². The molecule has 0 saturated carbocycles. The van der Waals surface area contributed by atoms with Crippen LogP contribution in [0.4, 0.5) is 5.69 Å². The van der Waals surface area contributed by atoms with Gasteiger partial charge in [0.25, 0.3) is 5.91 Å². The molecule has 2 N–H and O–H groups in total. The van der Waals surface area contributed by atoms with Gasteiger partial charge in [-0.25, -0.2) is 0 Å². The number of amides is 1. The topological polar surface area (TPSA) is 96.4 Å². The number of para-hydroxylation sites is 1. The average Bonchev–Trinajstić information content (AvgIpc) is 3.09. The Morgan fingerprint density at radius 1 is 0.971 bits per heavy atom. The first-order chi connectivity index (χ1) is 16.4. The molecule has 0 atom stereocenters. The highest BCUT2D eigenvalue weighted by molar-refractivity contribution is 5.97. The van der Waals surface area contributed by atoms with E-state index in [-0.39, 0.29) is 17.3 Å². The van der Waals surface area contributed by atoms with E-state index in [2.05, 4.69) is 24.1 Å². The minimum absolute atomic E-state index is 0.0596. The number of hydrogen-bond acceptors (Lipinski definition) is 5. The van der Waals surface area contributed by atoms with Crippen LogP contribution in [0.15, 0.2) is 83.0 Å². The summed E-state index contributed by atoms with van der Waals surface area (Å²) >= 11 is 0. The maximum Gasteiger partial charge on any atom is 0.295 e. The lowest BCUT2D eigenvalue weighted by atomic mass is 10.1. The standard InChI is InChI=1S/C27H27N3O4/c1-18(2)15-16-34-22-13-7-19(8-14-22)17-30-24-6-4-3-5-23(24)25(27(30)33)28-29-26(32)20-9-11-21(31)12-10-20/h3-14,18,31,33H,15-17H2,1-2H3. The molecule has 7 nitrogen and oxygen atoms in total. The first kappa shape index (κ1) is 23.0. The first-order valence-electron chi connectivity index (χ1n) is 11.2. The summed E-state index contributed by atoms with van der Waals surface area (Å²) in [5, 5.41) is 28.9. The fourth-order valence-corrected chi connectivity index (χ4v) is 3.57. The quantitative estimate of drug-likeness (QED) is 0.297. The van der Waals surface area contributed by atoms with Crippen LogP contribution in [0.1, 0.15) is 36.2 Å². The number of phenolic OH excluding ortho intramolecular Hbond substituents is 1. The smallest absolute Gasteiger partial charge is 0.295 e. The van der Waals surface area contributed by atoms with Crippen molar-refractivity contribution in [2.75, 3.05) is 6.61 Å². The molecule has 0 bridgehead atoms. The second kappa shape index (κ2) is 10.2. The second-order valence-corrected chi connectivity index (χ2v) is 8.50. The van der Waals surface area contributed by atoms with Gasteiger partial charge in [-0.3, -0.25) is 4.79 Å². The molecule has 174 valence electrons. The van der Waals surface area contributed by atoms with Crippen LogP contribution in [0.2, 0.25) is 0 Å². The van der Waals surface area contributed by atoms with E-state index >= 15 is 0 Å². The van der Waals surface area contributed by atoms with Crippen molar-refractivity contribution in [3.8, 4) is 17.4 Å². The molecule has 0 aliphatic rings. The van der Waals surface area contributed by atoms with E-state index < -0.39 is 5.91 Å². The molecule has 4 rings (SSSR count). The SMILES string of the molecule is CC(C)CCOc1ccc(Cn2c(O)c(N=NC(=O)c3ccc(O)cc3)c3ccccc32)cc1. The lowest BCUT2D eigenvalue weighted by Gasteiger charge is -2.10. The molecule has 0 fully saturated rings. The second-order valence-electron chi connectivity index (χ2n) is 8.50. The summed E-state index contributed by atoms with van der Waals surface area (Å²) in [5.41, 5.74) is 2.29. The van der Waals surface area contributed by atoms with Crippen LogP contribution in [0.5, 0.6) is 17.4 Å². The van der Waals surface area contributed by atoms with Gasteiger partial charge in [0.05, 0.1) is 18.7 Å². The van der Waals surface area contributed by atoms with E-state index in [0.717, 1.165) is 23.3 Å². The minimum atomic E-state index is -0.565. The molecule has 0 spiro atoms. The summed E-state index contributed by atoms with van der Waals surface area (Å²) in [6, 6.07) is 21.0. The molecule has 1 heterocycles. The number of fused-ring (bicyclic) bond motifs is 1. The van der Waals surface area contributed by atoms with Crippen LogP contribution in [-0.2, 0) is 6.54 Å². The molecular formula is C27H27N3O4. The predicted molar refractivity (Wildman–Crippen MR) is 131 cm³/mol. The van der Waals surface area contributed by atoms with Gasteiger partial charge < -0.3 is 19.5 Å². The highest BCUT2D eigenvalue weighted by atomic mass is 16.5. The largest absolute Gasteiger partial charge is 0.508 e. The summed E-state index contributed by atoms with van der Waals surface area (Å²) in [7, 11) is 0. The number of aromatic hydroxyl groups is 2. The average molecular weight is 458 g/mol. The fraction of sp³-hybridized carbons (Fsp3) is 0.222. The number of benzene rings is 3. The van der Waals surface area contributed by atoms with E-state index in [4.69, 9.17) is 4.74 Å². The van der Waals surface area contributed by atoms with Crippen molar-refractivity contribution in [2.24, 2.45) is 16.1 Å². The Hall–Kier alpha value is -4.13. The maximum absolute atomic E-state index is 12.4. The molecule has 0 radical (unpaired) electrons. The highest BCUT2D eigenvalue weighted by Crippen LogP contribution is 2.39. The van der Waals surface area contributed by atoms with Gasteiger partial charge in [-0.05, 0) is 60.4 Å². The number of rotatable bonds is 8. The minimum Gasteiger partial charge on any atom is -0.508 e. The molecule has 7 heteroatoms. The number of aromatic nitrogens is 1. The Bertz CT molecular complexity index is 1310. The van der Waals surface area contributed by atoms with E-state index in [1.807, 2.05) is 48.5 Å². The Kier molecular flexibility index (Phi) is 6.92. The third-order valence-corrected chi connectivity index (χ3v) is 5.50. The van der Waals surface area contributed by atoms with Gasteiger partial charge in [0.15, 0.2) is 5.69 Å². The molecule has 34 heavy (non-hydrogen) atoms. The number of ether oxygens (including phenoxy) is 1. The van der Waals surface area contributed by atoms with Crippen molar-refractivity contribution in [1.82, 2.24) is 4.57 Å². The summed E-state index contributed by atoms with van der Waals surface area (Å²) in [6.07, 6.45) is 0.998. The van der Waals surface area contributed by atoms with Crippen molar-refractivity contribution in [2.45, 2.75) is 26.8 Å². The van der Waals surface area contributed by atoms with Crippen LogP contribution in [0.3, 0.4) is 0 Å². The maximum atomic E-state index is 12.4. The summed E-state index contributed by atoms with van der Waals surface area (Å²) < 4.78 is 7.53. The van der Waals surface area contributed by atoms with Crippen molar-refractivity contribution >= 4 is 22.5 Å². The molecule has 0 saturated heterocycles. The normalized spacial score (nSPS) is 11.5.